The van der Waals surface area contributed by atoms with Crippen LogP contribution in [0.3, 0.4) is 0 Å². The lowest BCUT2D eigenvalue weighted by Gasteiger charge is -2.35. The zero-order valence-electron chi connectivity index (χ0n) is 12.0. The number of hydrogen-bond acceptors (Lipinski definition) is 3. The molecule has 1 fully saturated rings. The molecule has 0 unspecified atom stereocenters. The van der Waals surface area contributed by atoms with Gasteiger partial charge in [-0.15, -0.1) is 0 Å². The van der Waals surface area contributed by atoms with Crippen LogP contribution in [0, 0.1) is 5.82 Å². The maximum absolute atomic E-state index is 13.4. The standard InChI is InChI=1S/C15H21FN2O2/c1-17-5-3-14(4-6-17)18(2)10-11-7-12(15(19)20)9-13(16)8-11/h7-9,14H,3-6,10H2,1-2H3,(H,19,20). The van der Waals surface area contributed by atoms with Crippen molar-refractivity contribution in [3.63, 3.8) is 0 Å². The van der Waals surface area contributed by atoms with Gasteiger partial charge in [0.15, 0.2) is 0 Å². The van der Waals surface area contributed by atoms with Crippen molar-refractivity contribution < 1.29 is 14.3 Å². The smallest absolute Gasteiger partial charge is 0.335 e. The fraction of sp³-hybridized carbons (Fsp3) is 0.533. The maximum Gasteiger partial charge on any atom is 0.335 e. The van der Waals surface area contributed by atoms with E-state index in [2.05, 4.69) is 16.8 Å². The fourth-order valence-corrected chi connectivity index (χ4v) is 2.72. The van der Waals surface area contributed by atoms with E-state index in [1.54, 1.807) is 6.07 Å². The number of carboxylic acid groups (broad SMARTS) is 1. The molecule has 1 aliphatic rings. The van der Waals surface area contributed by atoms with Gasteiger partial charge in [-0.05, 0) is 63.8 Å². The summed E-state index contributed by atoms with van der Waals surface area (Å²) in [7, 11) is 4.13. The van der Waals surface area contributed by atoms with E-state index in [9.17, 15) is 9.18 Å². The van der Waals surface area contributed by atoms with Crippen molar-refractivity contribution in [2.45, 2.75) is 25.4 Å². The fourth-order valence-electron chi connectivity index (χ4n) is 2.72. The summed E-state index contributed by atoms with van der Waals surface area (Å²) in [6, 6.07) is 4.50. The molecule has 1 saturated heterocycles. The average Bonchev–Trinajstić information content (AvgIpc) is 2.38. The van der Waals surface area contributed by atoms with Gasteiger partial charge in [-0.3, -0.25) is 4.90 Å². The molecule has 20 heavy (non-hydrogen) atoms. The van der Waals surface area contributed by atoms with Gasteiger partial charge in [-0.1, -0.05) is 0 Å². The minimum atomic E-state index is -1.09. The van der Waals surface area contributed by atoms with Crippen molar-refractivity contribution in [2.24, 2.45) is 0 Å². The molecular formula is C15H21FN2O2. The molecule has 1 aromatic rings. The first kappa shape index (κ1) is 14.9. The Morgan fingerprint density at radius 3 is 2.65 bits per heavy atom. The zero-order chi connectivity index (χ0) is 14.7. The van der Waals surface area contributed by atoms with Crippen molar-refractivity contribution in [1.29, 1.82) is 0 Å². The topological polar surface area (TPSA) is 43.8 Å². The summed E-state index contributed by atoms with van der Waals surface area (Å²) >= 11 is 0. The van der Waals surface area contributed by atoms with E-state index in [0.717, 1.165) is 32.0 Å². The first-order valence-electron chi connectivity index (χ1n) is 6.87. The number of likely N-dealkylation sites (tertiary alicyclic amines) is 1. The summed E-state index contributed by atoms with van der Waals surface area (Å²) in [6.45, 7) is 2.71. The Bertz CT molecular complexity index is 485. The third-order valence-corrected chi connectivity index (χ3v) is 3.95. The van der Waals surface area contributed by atoms with E-state index < -0.39 is 11.8 Å². The molecule has 0 amide bonds. The van der Waals surface area contributed by atoms with Crippen LogP contribution in [-0.4, -0.2) is 54.1 Å². The van der Waals surface area contributed by atoms with Gasteiger partial charge < -0.3 is 10.0 Å². The zero-order valence-corrected chi connectivity index (χ0v) is 12.0. The van der Waals surface area contributed by atoms with E-state index in [1.165, 1.54) is 6.07 Å². The highest BCUT2D eigenvalue weighted by Gasteiger charge is 2.20. The Labute approximate surface area is 118 Å². The molecule has 0 radical (unpaired) electrons. The van der Waals surface area contributed by atoms with Crippen LogP contribution in [0.5, 0.6) is 0 Å². The summed E-state index contributed by atoms with van der Waals surface area (Å²) in [6.07, 6.45) is 2.18. The molecule has 0 aliphatic carbocycles. The minimum absolute atomic E-state index is 0.0109. The van der Waals surface area contributed by atoms with Crippen LogP contribution in [0.1, 0.15) is 28.8 Å². The second kappa shape index (κ2) is 6.33. The number of benzene rings is 1. The Morgan fingerprint density at radius 1 is 1.40 bits per heavy atom. The molecule has 1 N–H and O–H groups in total. The van der Waals surface area contributed by atoms with Gasteiger partial charge in [0.1, 0.15) is 5.82 Å². The van der Waals surface area contributed by atoms with E-state index in [4.69, 9.17) is 5.11 Å². The number of nitrogens with zero attached hydrogens (tertiary/aromatic N) is 2. The monoisotopic (exact) mass is 280 g/mol. The molecule has 1 aliphatic heterocycles. The van der Waals surface area contributed by atoms with Crippen LogP contribution in [0.15, 0.2) is 18.2 Å². The van der Waals surface area contributed by atoms with Gasteiger partial charge in [-0.2, -0.15) is 0 Å². The summed E-state index contributed by atoms with van der Waals surface area (Å²) < 4.78 is 13.4. The summed E-state index contributed by atoms with van der Waals surface area (Å²) in [5.74, 6) is -1.58. The molecule has 110 valence electrons. The summed E-state index contributed by atoms with van der Waals surface area (Å²) in [5, 5.41) is 8.96. The lowest BCUT2D eigenvalue weighted by molar-refractivity contribution is 0.0696. The van der Waals surface area contributed by atoms with Crippen molar-refractivity contribution in [2.75, 3.05) is 27.2 Å². The molecule has 0 aromatic heterocycles. The Balaban J connectivity index is 2.03. The van der Waals surface area contributed by atoms with Crippen LogP contribution in [0.25, 0.3) is 0 Å². The van der Waals surface area contributed by atoms with Crippen LogP contribution in [0.2, 0.25) is 0 Å². The van der Waals surface area contributed by atoms with Gasteiger partial charge in [0.05, 0.1) is 5.56 Å². The third kappa shape index (κ3) is 3.77. The van der Waals surface area contributed by atoms with Gasteiger partial charge in [0, 0.05) is 12.6 Å². The Hall–Kier alpha value is -1.46. The normalized spacial score (nSPS) is 17.6. The van der Waals surface area contributed by atoms with Gasteiger partial charge in [0.25, 0.3) is 0 Å². The summed E-state index contributed by atoms with van der Waals surface area (Å²) in [4.78, 5) is 15.4. The van der Waals surface area contributed by atoms with Crippen LogP contribution in [-0.2, 0) is 6.54 Å². The van der Waals surface area contributed by atoms with E-state index in [0.29, 0.717) is 18.2 Å². The van der Waals surface area contributed by atoms with Crippen LogP contribution < -0.4 is 0 Å². The summed E-state index contributed by atoms with van der Waals surface area (Å²) in [5.41, 5.74) is 0.723. The number of piperidine rings is 1. The van der Waals surface area contributed by atoms with Crippen molar-refractivity contribution >= 4 is 5.97 Å². The van der Waals surface area contributed by atoms with Crippen LogP contribution >= 0.6 is 0 Å². The molecule has 1 heterocycles. The highest BCUT2D eigenvalue weighted by atomic mass is 19.1. The lowest BCUT2D eigenvalue weighted by atomic mass is 10.0. The SMILES string of the molecule is CN1CCC(N(C)Cc2cc(F)cc(C(=O)O)c2)CC1. The maximum atomic E-state index is 13.4. The quantitative estimate of drug-likeness (QED) is 0.916. The first-order chi connectivity index (χ1) is 9.45. The number of carboxylic acids is 1. The molecule has 0 atom stereocenters. The molecule has 4 nitrogen and oxygen atoms in total. The number of hydrogen-bond donors (Lipinski definition) is 1. The Kier molecular flexibility index (Phi) is 4.73. The molecule has 0 saturated carbocycles. The highest BCUT2D eigenvalue weighted by molar-refractivity contribution is 5.87. The van der Waals surface area contributed by atoms with Crippen molar-refractivity contribution in [3.8, 4) is 0 Å². The molecule has 5 heteroatoms. The predicted molar refractivity (Wildman–Crippen MR) is 75.3 cm³/mol. The highest BCUT2D eigenvalue weighted by Crippen LogP contribution is 2.18. The minimum Gasteiger partial charge on any atom is -0.478 e. The molecule has 0 spiro atoms. The third-order valence-electron chi connectivity index (χ3n) is 3.95. The van der Waals surface area contributed by atoms with Crippen molar-refractivity contribution in [3.05, 3.63) is 35.1 Å². The lowest BCUT2D eigenvalue weighted by Crippen LogP contribution is -2.41. The number of halogens is 1. The number of rotatable bonds is 4. The second-order valence-electron chi connectivity index (χ2n) is 5.60. The first-order valence-corrected chi connectivity index (χ1v) is 6.87. The number of aromatic carboxylic acids is 1. The molecule has 0 bridgehead atoms. The van der Waals surface area contributed by atoms with Crippen LogP contribution in [0.4, 0.5) is 4.39 Å². The van der Waals surface area contributed by atoms with Gasteiger partial charge >= 0.3 is 5.97 Å². The van der Waals surface area contributed by atoms with Crippen molar-refractivity contribution in [1.82, 2.24) is 9.80 Å². The van der Waals surface area contributed by atoms with E-state index in [1.807, 2.05) is 7.05 Å². The molecular weight excluding hydrogens is 259 g/mol. The van der Waals surface area contributed by atoms with E-state index in [-0.39, 0.29) is 5.56 Å². The van der Waals surface area contributed by atoms with Gasteiger partial charge in [0.2, 0.25) is 0 Å². The largest absolute Gasteiger partial charge is 0.478 e. The van der Waals surface area contributed by atoms with Gasteiger partial charge in [-0.25, -0.2) is 9.18 Å². The second-order valence-corrected chi connectivity index (χ2v) is 5.60. The average molecular weight is 280 g/mol. The molecule has 2 rings (SSSR count). The van der Waals surface area contributed by atoms with E-state index >= 15 is 0 Å². The predicted octanol–water partition coefficient (Wildman–Crippen LogP) is 2.05. The number of carbonyl (C=O) groups is 1. The Morgan fingerprint density at radius 2 is 2.05 bits per heavy atom. The molecule has 1 aromatic carbocycles.